The summed E-state index contributed by atoms with van der Waals surface area (Å²) in [5.74, 6) is -0.210. The number of rotatable bonds is 1. The minimum absolute atomic E-state index is 0.210. The third-order valence-corrected chi connectivity index (χ3v) is 1.72. The fourth-order valence-electron chi connectivity index (χ4n) is 1.09. The van der Waals surface area contributed by atoms with Gasteiger partial charge in [-0.3, -0.25) is 0 Å². The smallest absolute Gasteiger partial charge is 0.123 e. The van der Waals surface area contributed by atoms with Crippen LogP contribution in [-0.2, 0) is 0 Å². The van der Waals surface area contributed by atoms with Gasteiger partial charge in [-0.1, -0.05) is 12.1 Å². The van der Waals surface area contributed by atoms with Crippen LogP contribution in [0, 0.1) is 12.0 Å². The van der Waals surface area contributed by atoms with Crippen molar-refractivity contribution in [2.75, 3.05) is 0 Å². The van der Waals surface area contributed by atoms with Gasteiger partial charge < -0.3 is 4.98 Å². The molecule has 0 amide bonds. The van der Waals surface area contributed by atoms with E-state index in [0.717, 1.165) is 11.1 Å². The molecule has 1 nitrogen and oxygen atoms in total. The summed E-state index contributed by atoms with van der Waals surface area (Å²) in [4.78, 5) is 2.82. The number of nitrogens with one attached hydrogen (secondary N) is 1. The average molecular weight is 160 g/mol. The number of H-pyrrole nitrogens is 1. The van der Waals surface area contributed by atoms with Crippen LogP contribution in [0.3, 0.4) is 0 Å². The molecule has 0 spiro atoms. The normalized spacial score (nSPS) is 10.1. The van der Waals surface area contributed by atoms with Gasteiger partial charge in [-0.15, -0.1) is 0 Å². The van der Waals surface area contributed by atoms with Crippen molar-refractivity contribution in [1.29, 1.82) is 0 Å². The van der Waals surface area contributed by atoms with E-state index in [4.69, 9.17) is 0 Å². The highest BCUT2D eigenvalue weighted by Crippen LogP contribution is 2.17. The highest BCUT2D eigenvalue weighted by Gasteiger charge is 1.96. The summed E-state index contributed by atoms with van der Waals surface area (Å²) in [7, 11) is 0. The van der Waals surface area contributed by atoms with E-state index in [1.807, 2.05) is 12.3 Å². The van der Waals surface area contributed by atoms with Crippen LogP contribution >= 0.6 is 0 Å². The fraction of sp³-hybridized carbons (Fsp3) is 0. The fourth-order valence-corrected chi connectivity index (χ4v) is 1.09. The lowest BCUT2D eigenvalue weighted by Gasteiger charge is -1.95. The van der Waals surface area contributed by atoms with Gasteiger partial charge in [-0.25, -0.2) is 4.39 Å². The maximum absolute atomic E-state index is 12.5. The second kappa shape index (κ2) is 2.81. The number of benzene rings is 1. The molecule has 2 rings (SSSR count). The second-order valence-electron chi connectivity index (χ2n) is 2.54. The van der Waals surface area contributed by atoms with E-state index in [1.165, 1.54) is 12.1 Å². The SMILES string of the molecule is Fc1ccc(-c2c[c][nH]c2)cc1. The van der Waals surface area contributed by atoms with Crippen LogP contribution in [0.2, 0.25) is 0 Å². The van der Waals surface area contributed by atoms with E-state index < -0.39 is 0 Å². The minimum atomic E-state index is -0.210. The van der Waals surface area contributed by atoms with Crippen LogP contribution in [0.5, 0.6) is 0 Å². The maximum atomic E-state index is 12.5. The monoisotopic (exact) mass is 160 g/mol. The zero-order chi connectivity index (χ0) is 8.39. The van der Waals surface area contributed by atoms with E-state index >= 15 is 0 Å². The van der Waals surface area contributed by atoms with Crippen molar-refractivity contribution in [3.05, 3.63) is 48.5 Å². The van der Waals surface area contributed by atoms with Crippen molar-refractivity contribution < 1.29 is 4.39 Å². The molecule has 0 aliphatic heterocycles. The lowest BCUT2D eigenvalue weighted by atomic mass is 10.1. The van der Waals surface area contributed by atoms with E-state index in [9.17, 15) is 4.39 Å². The zero-order valence-corrected chi connectivity index (χ0v) is 6.34. The zero-order valence-electron chi connectivity index (χ0n) is 6.34. The predicted octanol–water partition coefficient (Wildman–Crippen LogP) is 2.62. The third kappa shape index (κ3) is 1.23. The predicted molar refractivity (Wildman–Crippen MR) is 45.0 cm³/mol. The molecule has 59 valence electrons. The molecule has 0 fully saturated rings. The molecule has 1 radical (unpaired) electrons. The molecule has 0 saturated carbocycles. The van der Waals surface area contributed by atoms with Gasteiger partial charge in [0.15, 0.2) is 0 Å². The van der Waals surface area contributed by atoms with Crippen LogP contribution in [0.15, 0.2) is 36.5 Å². The highest BCUT2D eigenvalue weighted by atomic mass is 19.1. The van der Waals surface area contributed by atoms with Gasteiger partial charge in [0.05, 0.1) is 6.20 Å². The molecule has 1 aromatic carbocycles. The quantitative estimate of drug-likeness (QED) is 0.660. The Morgan fingerprint density at radius 2 is 1.83 bits per heavy atom. The summed E-state index contributed by atoms with van der Waals surface area (Å²) < 4.78 is 12.5. The average Bonchev–Trinajstić information content (AvgIpc) is 2.58. The highest BCUT2D eigenvalue weighted by molar-refractivity contribution is 5.61. The molecule has 0 atom stereocenters. The van der Waals surface area contributed by atoms with Gasteiger partial charge >= 0.3 is 0 Å². The number of hydrogen-bond donors (Lipinski definition) is 1. The van der Waals surface area contributed by atoms with E-state index in [0.29, 0.717) is 0 Å². The Labute approximate surface area is 69.9 Å². The van der Waals surface area contributed by atoms with E-state index in [-0.39, 0.29) is 5.82 Å². The Morgan fingerprint density at radius 3 is 2.42 bits per heavy atom. The first-order valence-corrected chi connectivity index (χ1v) is 3.67. The second-order valence-corrected chi connectivity index (χ2v) is 2.54. The number of hydrogen-bond acceptors (Lipinski definition) is 0. The van der Waals surface area contributed by atoms with Crippen LogP contribution in [0.4, 0.5) is 4.39 Å². The molecule has 0 aliphatic rings. The van der Waals surface area contributed by atoms with Crippen LogP contribution in [-0.4, -0.2) is 4.98 Å². The molecule has 2 heteroatoms. The summed E-state index contributed by atoms with van der Waals surface area (Å²) in [6.07, 6.45) is 4.65. The summed E-state index contributed by atoms with van der Waals surface area (Å²) in [5.41, 5.74) is 2.02. The molecule has 12 heavy (non-hydrogen) atoms. The van der Waals surface area contributed by atoms with Crippen LogP contribution in [0.25, 0.3) is 11.1 Å². The van der Waals surface area contributed by atoms with Crippen molar-refractivity contribution >= 4 is 0 Å². The van der Waals surface area contributed by atoms with E-state index in [2.05, 4.69) is 11.2 Å². The number of aromatic nitrogens is 1. The van der Waals surface area contributed by atoms with Crippen molar-refractivity contribution in [2.24, 2.45) is 0 Å². The lowest BCUT2D eigenvalue weighted by molar-refractivity contribution is 0.628. The Kier molecular flexibility index (Phi) is 1.67. The van der Waals surface area contributed by atoms with Gasteiger partial charge in [-0.05, 0) is 29.3 Å². The van der Waals surface area contributed by atoms with Gasteiger partial charge in [0.2, 0.25) is 0 Å². The van der Waals surface area contributed by atoms with Crippen LogP contribution < -0.4 is 0 Å². The first-order valence-electron chi connectivity index (χ1n) is 3.67. The summed E-state index contributed by atoms with van der Waals surface area (Å²) >= 11 is 0. The summed E-state index contributed by atoms with van der Waals surface area (Å²) in [6.45, 7) is 0. The molecule has 2 aromatic rings. The molecule has 0 aliphatic carbocycles. The molecule has 0 saturated heterocycles. The standard InChI is InChI=1S/C10H7FN/c11-10-3-1-8(2-4-10)9-5-6-12-7-9/h1-5,7,12H. The van der Waals surface area contributed by atoms with E-state index in [1.54, 1.807) is 12.1 Å². The third-order valence-electron chi connectivity index (χ3n) is 1.72. The largest absolute Gasteiger partial charge is 0.359 e. The number of aromatic amines is 1. The summed E-state index contributed by atoms with van der Waals surface area (Å²) in [6, 6.07) is 8.20. The Bertz CT molecular complexity index is 348. The maximum Gasteiger partial charge on any atom is 0.123 e. The van der Waals surface area contributed by atoms with Crippen LogP contribution in [0.1, 0.15) is 0 Å². The molecule has 1 N–H and O–H groups in total. The van der Waals surface area contributed by atoms with Crippen molar-refractivity contribution in [3.8, 4) is 11.1 Å². The van der Waals surface area contributed by atoms with Gasteiger partial charge in [0.1, 0.15) is 5.82 Å². The van der Waals surface area contributed by atoms with Crippen molar-refractivity contribution in [1.82, 2.24) is 4.98 Å². The first kappa shape index (κ1) is 7.10. The van der Waals surface area contributed by atoms with Crippen molar-refractivity contribution in [3.63, 3.8) is 0 Å². The molecule has 1 heterocycles. The Balaban J connectivity index is 2.43. The van der Waals surface area contributed by atoms with Gasteiger partial charge in [0, 0.05) is 6.20 Å². The van der Waals surface area contributed by atoms with Crippen molar-refractivity contribution in [2.45, 2.75) is 0 Å². The molecule has 1 aromatic heterocycles. The molecular weight excluding hydrogens is 153 g/mol. The topological polar surface area (TPSA) is 15.8 Å². The molecular formula is C10H7FN. The summed E-state index contributed by atoms with van der Waals surface area (Å²) in [5, 5.41) is 0. The lowest BCUT2D eigenvalue weighted by Crippen LogP contribution is -1.74. The first-order chi connectivity index (χ1) is 5.86. The van der Waals surface area contributed by atoms with Gasteiger partial charge in [0.25, 0.3) is 0 Å². The molecule has 0 bridgehead atoms. The Hall–Kier alpha value is -1.57. The Morgan fingerprint density at radius 1 is 1.08 bits per heavy atom. The van der Waals surface area contributed by atoms with Gasteiger partial charge in [-0.2, -0.15) is 0 Å². The minimum Gasteiger partial charge on any atom is -0.359 e. The molecule has 0 unspecified atom stereocenters. The number of halogens is 1.